The smallest absolute Gasteiger partial charge is 0.300 e. The summed E-state index contributed by atoms with van der Waals surface area (Å²) in [5.74, 6) is -2.19. The van der Waals surface area contributed by atoms with E-state index in [0.29, 0.717) is 16.8 Å². The van der Waals surface area contributed by atoms with Gasteiger partial charge >= 0.3 is 0 Å². The van der Waals surface area contributed by atoms with Gasteiger partial charge in [0, 0.05) is 11.3 Å². The highest BCUT2D eigenvalue weighted by molar-refractivity contribution is 6.51. The molecule has 0 bridgehead atoms. The van der Waals surface area contributed by atoms with Crippen molar-refractivity contribution < 1.29 is 19.1 Å². The number of anilines is 1. The molecule has 4 rings (SSSR count). The highest BCUT2D eigenvalue weighted by Gasteiger charge is 2.47. The van der Waals surface area contributed by atoms with Gasteiger partial charge in [0.1, 0.15) is 11.6 Å². The van der Waals surface area contributed by atoms with Crippen molar-refractivity contribution in [1.82, 2.24) is 0 Å². The minimum atomic E-state index is -0.868. The summed E-state index contributed by atoms with van der Waals surface area (Å²) >= 11 is 0. The molecule has 3 aromatic carbocycles. The first-order valence-electron chi connectivity index (χ1n) is 9.57. The zero-order chi connectivity index (χ0) is 21.4. The summed E-state index contributed by atoms with van der Waals surface area (Å²) < 4.78 is 13.6. The van der Waals surface area contributed by atoms with Crippen LogP contribution in [0, 0.1) is 19.7 Å². The van der Waals surface area contributed by atoms with Gasteiger partial charge in [-0.1, -0.05) is 48.5 Å². The molecule has 0 aliphatic carbocycles. The Hall–Kier alpha value is -3.73. The molecule has 1 atom stereocenters. The van der Waals surface area contributed by atoms with Crippen LogP contribution in [0.4, 0.5) is 10.1 Å². The number of nitrogens with zero attached hydrogens (tertiary/aromatic N) is 1. The van der Waals surface area contributed by atoms with Crippen LogP contribution < -0.4 is 4.90 Å². The van der Waals surface area contributed by atoms with Crippen LogP contribution in [0.5, 0.6) is 0 Å². The molecule has 1 saturated heterocycles. The second-order valence-electron chi connectivity index (χ2n) is 7.36. The first kappa shape index (κ1) is 19.6. The van der Waals surface area contributed by atoms with Gasteiger partial charge in [-0.3, -0.25) is 14.5 Å². The monoisotopic (exact) mass is 401 g/mol. The topological polar surface area (TPSA) is 57.6 Å². The third-order valence-corrected chi connectivity index (χ3v) is 5.45. The number of carbonyl (C=O) groups excluding carboxylic acids is 2. The molecule has 1 heterocycles. The van der Waals surface area contributed by atoms with Crippen LogP contribution in [0.25, 0.3) is 5.76 Å². The predicted molar refractivity (Wildman–Crippen MR) is 114 cm³/mol. The number of amides is 1. The quantitative estimate of drug-likeness (QED) is 0.379. The summed E-state index contributed by atoms with van der Waals surface area (Å²) in [6.07, 6.45) is 0. The van der Waals surface area contributed by atoms with Crippen LogP contribution in [-0.2, 0) is 9.59 Å². The van der Waals surface area contributed by atoms with E-state index in [9.17, 15) is 19.1 Å². The lowest BCUT2D eigenvalue weighted by atomic mass is 9.95. The average molecular weight is 401 g/mol. The number of Topliss-reactive ketones (excluding diaryl/α,β-unsaturated/α-hetero) is 1. The van der Waals surface area contributed by atoms with Crippen molar-refractivity contribution in [3.63, 3.8) is 0 Å². The fourth-order valence-electron chi connectivity index (χ4n) is 3.69. The molecule has 1 unspecified atom stereocenters. The lowest BCUT2D eigenvalue weighted by Crippen LogP contribution is -2.29. The Bertz CT molecular complexity index is 1170. The summed E-state index contributed by atoms with van der Waals surface area (Å²) in [4.78, 5) is 27.5. The zero-order valence-electron chi connectivity index (χ0n) is 16.6. The molecule has 1 amide bonds. The number of aliphatic hydroxyl groups is 1. The Labute approximate surface area is 173 Å². The summed E-state index contributed by atoms with van der Waals surface area (Å²) in [6, 6.07) is 18.8. The lowest BCUT2D eigenvalue weighted by Gasteiger charge is -2.26. The largest absolute Gasteiger partial charge is 0.507 e. The molecule has 0 radical (unpaired) electrons. The molecule has 0 saturated carbocycles. The third kappa shape index (κ3) is 3.28. The van der Waals surface area contributed by atoms with Gasteiger partial charge in [-0.25, -0.2) is 4.39 Å². The first-order chi connectivity index (χ1) is 14.4. The maximum atomic E-state index is 13.6. The fourth-order valence-corrected chi connectivity index (χ4v) is 3.69. The van der Waals surface area contributed by atoms with Crippen LogP contribution in [0.2, 0.25) is 0 Å². The number of aryl methyl sites for hydroxylation is 2. The van der Waals surface area contributed by atoms with Crippen LogP contribution >= 0.6 is 0 Å². The highest BCUT2D eigenvalue weighted by atomic mass is 19.1. The van der Waals surface area contributed by atoms with Gasteiger partial charge in [0.05, 0.1) is 11.6 Å². The van der Waals surface area contributed by atoms with E-state index in [1.807, 2.05) is 26.0 Å². The van der Waals surface area contributed by atoms with E-state index >= 15 is 0 Å². The van der Waals surface area contributed by atoms with E-state index in [0.717, 1.165) is 11.1 Å². The number of aliphatic hydroxyl groups excluding tert-OH is 1. The Morgan fingerprint density at radius 1 is 0.900 bits per heavy atom. The number of hydrogen-bond acceptors (Lipinski definition) is 3. The number of rotatable bonds is 3. The second kappa shape index (κ2) is 7.59. The number of ketones is 1. The van der Waals surface area contributed by atoms with E-state index in [-0.39, 0.29) is 11.3 Å². The molecule has 1 aliphatic rings. The fraction of sp³-hybridized carbons (Fsp3) is 0.120. The Morgan fingerprint density at radius 3 is 2.20 bits per heavy atom. The Morgan fingerprint density at radius 2 is 1.57 bits per heavy atom. The van der Waals surface area contributed by atoms with E-state index < -0.39 is 23.5 Å². The second-order valence-corrected chi connectivity index (χ2v) is 7.36. The predicted octanol–water partition coefficient (Wildman–Crippen LogP) is 5.07. The number of halogens is 1. The van der Waals surface area contributed by atoms with E-state index in [2.05, 4.69) is 0 Å². The van der Waals surface area contributed by atoms with Crippen molar-refractivity contribution in [2.45, 2.75) is 19.9 Å². The van der Waals surface area contributed by atoms with Gasteiger partial charge in [-0.15, -0.1) is 0 Å². The molecule has 5 heteroatoms. The summed E-state index contributed by atoms with van der Waals surface area (Å²) in [6.45, 7) is 3.88. The molecule has 1 aliphatic heterocycles. The molecule has 0 aromatic heterocycles. The van der Waals surface area contributed by atoms with E-state index in [1.54, 1.807) is 36.4 Å². The van der Waals surface area contributed by atoms with Gasteiger partial charge in [0.2, 0.25) is 0 Å². The SMILES string of the molecule is Cc1ccc(N2C(=O)C(=O)/C(=C(/O)c3ccccc3)C2c2ccc(F)cc2)cc1C. The summed E-state index contributed by atoms with van der Waals surface area (Å²) in [7, 11) is 0. The van der Waals surface area contributed by atoms with Crippen LogP contribution in [0.15, 0.2) is 78.4 Å². The minimum absolute atomic E-state index is 0.0176. The average Bonchev–Trinajstić information content (AvgIpc) is 3.01. The molecular weight excluding hydrogens is 381 g/mol. The van der Waals surface area contributed by atoms with Gasteiger partial charge in [-0.05, 0) is 54.8 Å². The van der Waals surface area contributed by atoms with Gasteiger partial charge in [0.15, 0.2) is 0 Å². The van der Waals surface area contributed by atoms with Crippen LogP contribution in [0.1, 0.15) is 28.3 Å². The van der Waals surface area contributed by atoms with Crippen molar-refractivity contribution in [3.8, 4) is 0 Å². The van der Waals surface area contributed by atoms with Crippen LogP contribution in [0.3, 0.4) is 0 Å². The summed E-state index contributed by atoms with van der Waals surface area (Å²) in [5, 5.41) is 11.0. The minimum Gasteiger partial charge on any atom is -0.507 e. The molecule has 4 nitrogen and oxygen atoms in total. The number of benzene rings is 3. The van der Waals surface area contributed by atoms with Gasteiger partial charge < -0.3 is 5.11 Å². The number of carbonyl (C=O) groups is 2. The molecule has 1 N–H and O–H groups in total. The molecule has 0 spiro atoms. The zero-order valence-corrected chi connectivity index (χ0v) is 16.6. The Kier molecular flexibility index (Phi) is 4.96. The standard InChI is InChI=1S/C25H20FNO3/c1-15-8-13-20(14-16(15)2)27-22(17-9-11-19(26)12-10-17)21(24(29)25(27)30)23(28)18-6-4-3-5-7-18/h3-14,22,28H,1-2H3/b23-21+. The molecule has 3 aromatic rings. The highest BCUT2D eigenvalue weighted by Crippen LogP contribution is 2.42. The lowest BCUT2D eigenvalue weighted by molar-refractivity contribution is -0.132. The molecular formula is C25H20FNO3. The maximum absolute atomic E-state index is 13.6. The van der Waals surface area contributed by atoms with Crippen LogP contribution in [-0.4, -0.2) is 16.8 Å². The first-order valence-corrected chi connectivity index (χ1v) is 9.57. The van der Waals surface area contributed by atoms with Gasteiger partial charge in [-0.2, -0.15) is 0 Å². The third-order valence-electron chi connectivity index (χ3n) is 5.45. The molecule has 30 heavy (non-hydrogen) atoms. The van der Waals surface area contributed by atoms with E-state index in [4.69, 9.17) is 0 Å². The van der Waals surface area contributed by atoms with Crippen molar-refractivity contribution >= 4 is 23.1 Å². The van der Waals surface area contributed by atoms with Crippen molar-refractivity contribution in [2.75, 3.05) is 4.90 Å². The molecule has 150 valence electrons. The number of hydrogen-bond donors (Lipinski definition) is 1. The van der Waals surface area contributed by atoms with Crippen molar-refractivity contribution in [3.05, 3.63) is 106 Å². The summed E-state index contributed by atoms with van der Waals surface area (Å²) in [5.41, 5.74) is 3.51. The van der Waals surface area contributed by atoms with E-state index in [1.165, 1.54) is 29.2 Å². The maximum Gasteiger partial charge on any atom is 0.300 e. The van der Waals surface area contributed by atoms with Gasteiger partial charge in [0.25, 0.3) is 11.7 Å². The van der Waals surface area contributed by atoms with Crippen molar-refractivity contribution in [2.24, 2.45) is 0 Å². The normalized spacial score (nSPS) is 18.1. The molecule has 1 fully saturated rings. The van der Waals surface area contributed by atoms with Crippen molar-refractivity contribution in [1.29, 1.82) is 0 Å². The Balaban J connectivity index is 1.95.